The number of nitrogens with zero attached hydrogens (tertiary/aromatic N) is 3. The van der Waals surface area contributed by atoms with Crippen molar-refractivity contribution in [3.05, 3.63) is 82.9 Å². The number of aromatic amines is 1. The fourth-order valence-corrected chi connectivity index (χ4v) is 4.77. The summed E-state index contributed by atoms with van der Waals surface area (Å²) in [5.41, 5.74) is 6.33. The largest absolute Gasteiger partial charge is 0.460 e. The van der Waals surface area contributed by atoms with E-state index < -0.39 is 25.3 Å². The van der Waals surface area contributed by atoms with Crippen molar-refractivity contribution < 1.29 is 27.9 Å². The predicted octanol–water partition coefficient (Wildman–Crippen LogP) is 2.60. The van der Waals surface area contributed by atoms with Gasteiger partial charge in [-0.1, -0.05) is 48.5 Å². The van der Waals surface area contributed by atoms with Crippen molar-refractivity contribution in [3.8, 4) is 5.75 Å². The highest BCUT2D eigenvalue weighted by Gasteiger charge is 2.32. The Bertz CT molecular complexity index is 1460. The van der Waals surface area contributed by atoms with Gasteiger partial charge in [0.25, 0.3) is 5.56 Å². The second-order valence-electron chi connectivity index (χ2n) is 8.05. The molecular formula is C24H27N6O7P. The molecule has 4 N–H and O–H groups in total. The SMILES string of the molecule is C[C@@H](NP(=O)(OCCOCn1cnc2c(=O)[nH]c(N)nc21)Oc1ccccc1)C(=O)OCc1ccccc1. The number of fused-ring (bicyclic) bond motifs is 1. The first-order valence-electron chi connectivity index (χ1n) is 11.6. The summed E-state index contributed by atoms with van der Waals surface area (Å²) in [6, 6.07) is 16.6. The Hall–Kier alpha value is -4.03. The highest BCUT2D eigenvalue weighted by atomic mass is 31.2. The molecule has 200 valence electrons. The Morgan fingerprint density at radius 2 is 1.84 bits per heavy atom. The van der Waals surface area contributed by atoms with E-state index in [1.807, 2.05) is 30.3 Å². The summed E-state index contributed by atoms with van der Waals surface area (Å²) in [5, 5.41) is 2.62. The number of ether oxygens (including phenoxy) is 2. The first kappa shape index (κ1) is 27.0. The Kier molecular flexibility index (Phi) is 8.87. The van der Waals surface area contributed by atoms with Gasteiger partial charge in [0, 0.05) is 0 Å². The van der Waals surface area contributed by atoms with Crippen LogP contribution < -0.4 is 20.9 Å². The van der Waals surface area contributed by atoms with E-state index in [1.165, 1.54) is 17.8 Å². The molecule has 0 fully saturated rings. The molecule has 0 spiro atoms. The maximum atomic E-state index is 13.5. The lowest BCUT2D eigenvalue weighted by atomic mass is 10.2. The zero-order chi connectivity index (χ0) is 27.0. The van der Waals surface area contributed by atoms with E-state index in [0.717, 1.165) is 5.56 Å². The monoisotopic (exact) mass is 542 g/mol. The molecule has 1 unspecified atom stereocenters. The van der Waals surface area contributed by atoms with E-state index in [4.69, 9.17) is 24.3 Å². The Labute approximate surface area is 217 Å². The van der Waals surface area contributed by atoms with Crippen LogP contribution in [-0.4, -0.2) is 44.7 Å². The van der Waals surface area contributed by atoms with E-state index in [9.17, 15) is 14.2 Å². The molecule has 4 rings (SSSR count). The van der Waals surface area contributed by atoms with Crippen molar-refractivity contribution in [1.82, 2.24) is 24.6 Å². The smallest absolute Gasteiger partial charge is 0.459 e. The van der Waals surface area contributed by atoms with E-state index >= 15 is 0 Å². The molecule has 2 heterocycles. The summed E-state index contributed by atoms with van der Waals surface area (Å²) in [4.78, 5) is 34.8. The number of H-pyrrole nitrogens is 1. The lowest BCUT2D eigenvalue weighted by Gasteiger charge is -2.23. The van der Waals surface area contributed by atoms with Crippen molar-refractivity contribution in [2.75, 3.05) is 18.9 Å². The number of hydrogen-bond acceptors (Lipinski definition) is 10. The van der Waals surface area contributed by atoms with Crippen LogP contribution in [0.5, 0.6) is 5.75 Å². The molecule has 38 heavy (non-hydrogen) atoms. The van der Waals surface area contributed by atoms with E-state index in [2.05, 4.69) is 20.0 Å². The molecule has 13 nitrogen and oxygen atoms in total. The third-order valence-corrected chi connectivity index (χ3v) is 6.79. The quantitative estimate of drug-likeness (QED) is 0.129. The van der Waals surface area contributed by atoms with Gasteiger partial charge in [0.2, 0.25) is 5.95 Å². The van der Waals surface area contributed by atoms with Crippen molar-refractivity contribution in [2.45, 2.75) is 26.3 Å². The van der Waals surface area contributed by atoms with Gasteiger partial charge in [0.1, 0.15) is 25.1 Å². The minimum absolute atomic E-state index is 0.00496. The molecule has 0 bridgehead atoms. The molecule has 0 aliphatic carbocycles. The maximum absolute atomic E-state index is 13.5. The summed E-state index contributed by atoms with van der Waals surface area (Å²) in [7, 11) is -4.02. The average Bonchev–Trinajstić information content (AvgIpc) is 3.31. The van der Waals surface area contributed by atoms with Crippen molar-refractivity contribution in [2.24, 2.45) is 0 Å². The van der Waals surface area contributed by atoms with E-state index in [1.54, 1.807) is 30.3 Å². The van der Waals surface area contributed by atoms with Crippen LogP contribution in [0.1, 0.15) is 12.5 Å². The Balaban J connectivity index is 1.33. The van der Waals surface area contributed by atoms with Crippen LogP contribution in [0.4, 0.5) is 5.95 Å². The number of benzene rings is 2. The fourth-order valence-electron chi connectivity index (χ4n) is 3.30. The maximum Gasteiger partial charge on any atom is 0.459 e. The lowest BCUT2D eigenvalue weighted by molar-refractivity contribution is -0.146. The van der Waals surface area contributed by atoms with Crippen LogP contribution >= 0.6 is 7.75 Å². The van der Waals surface area contributed by atoms with Gasteiger partial charge < -0.3 is 19.7 Å². The molecule has 14 heteroatoms. The third kappa shape index (κ3) is 7.26. The van der Waals surface area contributed by atoms with Crippen LogP contribution in [0.3, 0.4) is 0 Å². The molecule has 0 amide bonds. The second kappa shape index (κ2) is 12.5. The predicted molar refractivity (Wildman–Crippen MR) is 138 cm³/mol. The number of nitrogens with two attached hydrogens (primary N) is 1. The number of nitrogen functional groups attached to an aromatic ring is 1. The molecule has 0 aliphatic heterocycles. The number of rotatable bonds is 13. The zero-order valence-electron chi connectivity index (χ0n) is 20.5. The van der Waals surface area contributed by atoms with Gasteiger partial charge in [-0.2, -0.15) is 10.1 Å². The number of aromatic nitrogens is 4. The third-order valence-electron chi connectivity index (χ3n) is 5.11. The van der Waals surface area contributed by atoms with Gasteiger partial charge in [-0.15, -0.1) is 0 Å². The summed E-state index contributed by atoms with van der Waals surface area (Å²) >= 11 is 0. The topological polar surface area (TPSA) is 173 Å². The number of carbonyl (C=O) groups excluding carboxylic acids is 1. The molecule has 0 radical (unpaired) electrons. The highest BCUT2D eigenvalue weighted by Crippen LogP contribution is 2.44. The Morgan fingerprint density at radius 3 is 2.58 bits per heavy atom. The summed E-state index contributed by atoms with van der Waals surface area (Å²) < 4.78 is 37.0. The number of esters is 1. The van der Waals surface area contributed by atoms with Gasteiger partial charge in [-0.05, 0) is 24.6 Å². The van der Waals surface area contributed by atoms with Gasteiger partial charge in [0.15, 0.2) is 11.2 Å². The molecule has 0 saturated carbocycles. The number of carbonyl (C=O) groups is 1. The molecule has 2 aromatic carbocycles. The first-order valence-corrected chi connectivity index (χ1v) is 13.1. The number of nitrogens with one attached hydrogen (secondary N) is 2. The molecule has 0 saturated heterocycles. The fraction of sp³-hybridized carbons (Fsp3) is 0.250. The second-order valence-corrected chi connectivity index (χ2v) is 9.75. The van der Waals surface area contributed by atoms with Gasteiger partial charge >= 0.3 is 13.7 Å². The standard InChI is InChI=1S/C24H27N6O7P/c1-17(23(32)35-14-18-8-4-2-5-9-18)29-38(33,37-19-10-6-3-7-11-19)36-13-12-34-16-30-15-26-20-21(30)27-24(25)28-22(20)31/h2-11,15,17H,12-14,16H2,1H3,(H,29,33)(H3,25,27,28,31)/t17-,38?/m1/s1. The van der Waals surface area contributed by atoms with Crippen molar-refractivity contribution >= 4 is 30.8 Å². The molecule has 4 aromatic rings. The number of hydrogen-bond donors (Lipinski definition) is 3. The minimum atomic E-state index is -4.02. The lowest BCUT2D eigenvalue weighted by Crippen LogP contribution is -2.35. The summed E-state index contributed by atoms with van der Waals surface area (Å²) in [6.07, 6.45) is 1.39. The van der Waals surface area contributed by atoms with E-state index in [0.29, 0.717) is 0 Å². The van der Waals surface area contributed by atoms with Gasteiger partial charge in [-0.25, -0.2) is 9.55 Å². The number of imidazole rings is 1. The van der Waals surface area contributed by atoms with Crippen LogP contribution in [0.2, 0.25) is 0 Å². The minimum Gasteiger partial charge on any atom is -0.460 e. The van der Waals surface area contributed by atoms with Crippen LogP contribution in [-0.2, 0) is 36.7 Å². The van der Waals surface area contributed by atoms with Crippen molar-refractivity contribution in [1.29, 1.82) is 0 Å². The van der Waals surface area contributed by atoms with Crippen LogP contribution in [0.15, 0.2) is 71.8 Å². The molecule has 2 atom stereocenters. The highest BCUT2D eigenvalue weighted by molar-refractivity contribution is 7.52. The van der Waals surface area contributed by atoms with Gasteiger partial charge in [-0.3, -0.25) is 23.7 Å². The molecule has 0 aliphatic rings. The Morgan fingerprint density at radius 1 is 1.13 bits per heavy atom. The number of para-hydroxylation sites is 1. The molecular weight excluding hydrogens is 515 g/mol. The number of anilines is 1. The molecule has 2 aromatic heterocycles. The average molecular weight is 542 g/mol. The van der Waals surface area contributed by atoms with Crippen LogP contribution in [0, 0.1) is 0 Å². The normalized spacial score (nSPS) is 13.6. The van der Waals surface area contributed by atoms with Crippen LogP contribution in [0.25, 0.3) is 11.2 Å². The zero-order valence-corrected chi connectivity index (χ0v) is 21.4. The van der Waals surface area contributed by atoms with Crippen molar-refractivity contribution in [3.63, 3.8) is 0 Å². The summed E-state index contributed by atoms with van der Waals surface area (Å²) in [5.74, 6) is -0.388. The van der Waals surface area contributed by atoms with E-state index in [-0.39, 0.29) is 49.4 Å². The first-order chi connectivity index (χ1) is 18.3. The summed E-state index contributed by atoms with van der Waals surface area (Å²) in [6.45, 7) is 1.40. The van der Waals surface area contributed by atoms with Gasteiger partial charge in [0.05, 0.1) is 19.5 Å².